The molecular weight excluding hydrogens is 188 g/mol. The Bertz CT molecular complexity index is 299. The van der Waals surface area contributed by atoms with Gasteiger partial charge in [0.1, 0.15) is 5.51 Å². The maximum Gasteiger partial charge on any atom is 0.229 e. The molecule has 0 radical (unpaired) electrons. The van der Waals surface area contributed by atoms with E-state index in [1.165, 1.54) is 11.3 Å². The Balaban J connectivity index is 2.14. The molecule has 0 spiro atoms. The topological polar surface area (TPSA) is 72.1 Å². The number of nitrogens with zero attached hydrogens (tertiary/aromatic N) is 3. The second-order valence-electron chi connectivity index (χ2n) is 3.03. The second kappa shape index (κ2) is 3.39. The summed E-state index contributed by atoms with van der Waals surface area (Å²) in [7, 11) is 0. The monoisotopic (exact) mass is 198 g/mol. The van der Waals surface area contributed by atoms with Crippen LogP contribution in [-0.4, -0.2) is 29.2 Å². The van der Waals surface area contributed by atoms with Crippen molar-refractivity contribution in [3.63, 3.8) is 0 Å². The zero-order valence-corrected chi connectivity index (χ0v) is 7.83. The molecule has 1 fully saturated rings. The Hall–Kier alpha value is -1.01. The number of carbonyl (C=O) groups is 1. The van der Waals surface area contributed by atoms with E-state index < -0.39 is 0 Å². The van der Waals surface area contributed by atoms with E-state index in [1.807, 2.05) is 0 Å². The summed E-state index contributed by atoms with van der Waals surface area (Å²) < 4.78 is 0. The minimum Gasteiger partial charge on any atom is -0.330 e. The molecule has 6 heteroatoms. The van der Waals surface area contributed by atoms with Crippen molar-refractivity contribution in [2.75, 3.05) is 18.0 Å². The van der Waals surface area contributed by atoms with Gasteiger partial charge in [-0.05, 0) is 12.5 Å². The molecule has 1 aromatic heterocycles. The number of hydrogen-bond donors (Lipinski definition) is 1. The van der Waals surface area contributed by atoms with E-state index in [0.717, 1.165) is 0 Å². The molecule has 2 heterocycles. The Morgan fingerprint density at radius 2 is 2.62 bits per heavy atom. The molecule has 5 nitrogen and oxygen atoms in total. The van der Waals surface area contributed by atoms with Crippen molar-refractivity contribution >= 4 is 22.4 Å². The van der Waals surface area contributed by atoms with E-state index in [2.05, 4.69) is 10.2 Å². The highest BCUT2D eigenvalue weighted by atomic mass is 32.1. The quantitative estimate of drug-likeness (QED) is 0.717. The molecular formula is C7H10N4OS. The summed E-state index contributed by atoms with van der Waals surface area (Å²) in [5.41, 5.74) is 7.12. The van der Waals surface area contributed by atoms with E-state index in [0.29, 0.717) is 24.6 Å². The predicted molar refractivity (Wildman–Crippen MR) is 49.4 cm³/mol. The number of nitrogens with two attached hydrogens (primary N) is 1. The van der Waals surface area contributed by atoms with Crippen molar-refractivity contribution in [3.05, 3.63) is 5.51 Å². The molecule has 70 valence electrons. The highest BCUT2D eigenvalue weighted by molar-refractivity contribution is 7.13. The molecule has 1 saturated heterocycles. The fraction of sp³-hybridized carbons (Fsp3) is 0.571. The van der Waals surface area contributed by atoms with Gasteiger partial charge in [0.15, 0.2) is 0 Å². The Labute approximate surface area is 79.6 Å². The average molecular weight is 198 g/mol. The van der Waals surface area contributed by atoms with Crippen LogP contribution in [0.25, 0.3) is 0 Å². The van der Waals surface area contributed by atoms with Gasteiger partial charge in [0.05, 0.1) is 0 Å². The third-order valence-corrected chi connectivity index (χ3v) is 2.83. The van der Waals surface area contributed by atoms with E-state index in [4.69, 9.17) is 5.73 Å². The van der Waals surface area contributed by atoms with Crippen molar-refractivity contribution in [2.45, 2.75) is 6.42 Å². The number of hydrogen-bond acceptors (Lipinski definition) is 5. The van der Waals surface area contributed by atoms with Crippen molar-refractivity contribution in [2.24, 2.45) is 11.7 Å². The molecule has 0 saturated carbocycles. The van der Waals surface area contributed by atoms with Crippen LogP contribution in [0.1, 0.15) is 6.42 Å². The van der Waals surface area contributed by atoms with Gasteiger partial charge in [-0.25, -0.2) is 0 Å². The van der Waals surface area contributed by atoms with Crippen LogP contribution in [0, 0.1) is 5.92 Å². The third kappa shape index (κ3) is 1.54. The molecule has 1 atom stereocenters. The summed E-state index contributed by atoms with van der Waals surface area (Å²) in [5.74, 6) is 0.378. The summed E-state index contributed by atoms with van der Waals surface area (Å²) in [6.45, 7) is 1.24. The van der Waals surface area contributed by atoms with Gasteiger partial charge in [0, 0.05) is 13.0 Å². The molecule has 2 N–H and O–H groups in total. The lowest BCUT2D eigenvalue weighted by atomic mass is 10.1. The third-order valence-electron chi connectivity index (χ3n) is 2.12. The fourth-order valence-electron chi connectivity index (χ4n) is 1.41. The maximum absolute atomic E-state index is 11.5. The van der Waals surface area contributed by atoms with Crippen LogP contribution >= 0.6 is 11.3 Å². The lowest BCUT2D eigenvalue weighted by Gasteiger charge is -2.10. The van der Waals surface area contributed by atoms with Crippen LogP contribution in [0.15, 0.2) is 5.51 Å². The van der Waals surface area contributed by atoms with Gasteiger partial charge >= 0.3 is 0 Å². The summed E-state index contributed by atoms with van der Waals surface area (Å²) in [6, 6.07) is 0. The minimum atomic E-state index is 0.104. The first-order valence-corrected chi connectivity index (χ1v) is 4.96. The zero-order valence-electron chi connectivity index (χ0n) is 7.01. The molecule has 1 amide bonds. The number of aromatic nitrogens is 2. The molecule has 1 aliphatic heterocycles. The first-order chi connectivity index (χ1) is 6.31. The second-order valence-corrected chi connectivity index (χ2v) is 3.84. The normalized spacial score (nSPS) is 22.7. The van der Waals surface area contributed by atoms with Crippen LogP contribution in [0.5, 0.6) is 0 Å². The number of rotatable bonds is 2. The number of carbonyl (C=O) groups excluding carboxylic acids is 1. The molecule has 1 aliphatic rings. The summed E-state index contributed by atoms with van der Waals surface area (Å²) in [4.78, 5) is 13.1. The van der Waals surface area contributed by atoms with Crippen LogP contribution in [0.4, 0.5) is 5.13 Å². The van der Waals surface area contributed by atoms with Crippen LogP contribution in [0.2, 0.25) is 0 Å². The first kappa shape index (κ1) is 8.58. The van der Waals surface area contributed by atoms with E-state index >= 15 is 0 Å². The average Bonchev–Trinajstić information content (AvgIpc) is 2.72. The molecule has 2 rings (SSSR count). The summed E-state index contributed by atoms with van der Waals surface area (Å²) in [5, 5.41) is 8.23. The maximum atomic E-state index is 11.5. The first-order valence-electron chi connectivity index (χ1n) is 4.08. The number of anilines is 1. The largest absolute Gasteiger partial charge is 0.330 e. The lowest BCUT2D eigenvalue weighted by Crippen LogP contribution is -2.25. The lowest BCUT2D eigenvalue weighted by molar-refractivity contribution is -0.117. The summed E-state index contributed by atoms with van der Waals surface area (Å²) in [6.07, 6.45) is 0.538. The van der Waals surface area contributed by atoms with Gasteiger partial charge in [-0.1, -0.05) is 11.3 Å². The van der Waals surface area contributed by atoms with Crippen molar-refractivity contribution in [3.8, 4) is 0 Å². The standard InChI is InChI=1S/C7H10N4OS/c8-2-5-1-6(12)11(3-5)7-10-9-4-13-7/h4-5H,1-3,8H2. The zero-order chi connectivity index (χ0) is 9.26. The highest BCUT2D eigenvalue weighted by Crippen LogP contribution is 2.24. The number of amides is 1. The van der Waals surface area contributed by atoms with Gasteiger partial charge in [-0.3, -0.25) is 9.69 Å². The Morgan fingerprint density at radius 3 is 3.15 bits per heavy atom. The van der Waals surface area contributed by atoms with Crippen molar-refractivity contribution in [1.29, 1.82) is 0 Å². The van der Waals surface area contributed by atoms with Crippen LogP contribution in [0.3, 0.4) is 0 Å². The van der Waals surface area contributed by atoms with Crippen LogP contribution < -0.4 is 10.6 Å². The van der Waals surface area contributed by atoms with Gasteiger partial charge in [-0.2, -0.15) is 0 Å². The SMILES string of the molecule is NCC1CC(=O)N(c2nncs2)C1. The predicted octanol–water partition coefficient (Wildman–Crippen LogP) is -0.150. The minimum absolute atomic E-state index is 0.104. The van der Waals surface area contributed by atoms with Gasteiger partial charge < -0.3 is 5.73 Å². The Morgan fingerprint density at radius 1 is 1.77 bits per heavy atom. The van der Waals surface area contributed by atoms with Crippen molar-refractivity contribution in [1.82, 2.24) is 10.2 Å². The molecule has 0 aromatic carbocycles. The molecule has 0 aliphatic carbocycles. The van der Waals surface area contributed by atoms with Gasteiger partial charge in [0.2, 0.25) is 11.0 Å². The van der Waals surface area contributed by atoms with Gasteiger partial charge in [0.25, 0.3) is 0 Å². The molecule has 1 aromatic rings. The smallest absolute Gasteiger partial charge is 0.229 e. The van der Waals surface area contributed by atoms with E-state index in [-0.39, 0.29) is 11.8 Å². The Kier molecular flexibility index (Phi) is 2.24. The highest BCUT2D eigenvalue weighted by Gasteiger charge is 2.31. The molecule has 1 unspecified atom stereocenters. The van der Waals surface area contributed by atoms with Crippen LogP contribution in [-0.2, 0) is 4.79 Å². The van der Waals surface area contributed by atoms with Gasteiger partial charge in [-0.15, -0.1) is 10.2 Å². The molecule has 0 bridgehead atoms. The molecule has 13 heavy (non-hydrogen) atoms. The van der Waals surface area contributed by atoms with E-state index in [9.17, 15) is 4.79 Å². The van der Waals surface area contributed by atoms with Crippen molar-refractivity contribution < 1.29 is 4.79 Å². The summed E-state index contributed by atoms with van der Waals surface area (Å²) >= 11 is 1.38. The fourth-order valence-corrected chi connectivity index (χ4v) is 2.00. The van der Waals surface area contributed by atoms with E-state index in [1.54, 1.807) is 10.4 Å².